The van der Waals surface area contributed by atoms with Crippen molar-refractivity contribution in [2.45, 2.75) is 19.6 Å². The van der Waals surface area contributed by atoms with Gasteiger partial charge in [-0.2, -0.15) is 0 Å². The predicted octanol–water partition coefficient (Wildman–Crippen LogP) is 2.82. The maximum atomic E-state index is 5.87. The summed E-state index contributed by atoms with van der Waals surface area (Å²) in [4.78, 5) is 20.1. The summed E-state index contributed by atoms with van der Waals surface area (Å²) in [6.07, 6.45) is 7.37. The number of ether oxygens (including phenoxy) is 1. The predicted molar refractivity (Wildman–Crippen MR) is 98.2 cm³/mol. The molecule has 6 nitrogen and oxygen atoms in total. The van der Waals surface area contributed by atoms with Crippen LogP contribution in [0.3, 0.4) is 0 Å². The molecule has 1 saturated heterocycles. The molecule has 132 valence electrons. The molecule has 6 heteroatoms. The molecule has 4 rings (SSSR count). The fraction of sp³-hybridized carbons (Fsp3) is 0.300. The molecule has 1 atom stereocenters. The van der Waals surface area contributed by atoms with Crippen LogP contribution in [0.1, 0.15) is 23.1 Å². The zero-order chi connectivity index (χ0) is 17.8. The molecule has 1 fully saturated rings. The van der Waals surface area contributed by atoms with Crippen LogP contribution in [0, 0.1) is 6.92 Å². The highest BCUT2D eigenvalue weighted by molar-refractivity contribution is 5.53. The van der Waals surface area contributed by atoms with Crippen LogP contribution >= 0.6 is 0 Å². The van der Waals surface area contributed by atoms with E-state index in [1.165, 1.54) is 0 Å². The highest BCUT2D eigenvalue weighted by atomic mass is 16.5. The van der Waals surface area contributed by atoms with Crippen molar-refractivity contribution in [1.29, 1.82) is 0 Å². The Morgan fingerprint density at radius 1 is 1.00 bits per heavy atom. The number of benzene rings is 1. The molecule has 1 unspecified atom stereocenters. The van der Waals surface area contributed by atoms with Gasteiger partial charge in [0.1, 0.15) is 6.10 Å². The molecular formula is C20H21N5O. The first-order chi connectivity index (χ1) is 12.8. The van der Waals surface area contributed by atoms with Crippen molar-refractivity contribution in [2.75, 3.05) is 19.7 Å². The van der Waals surface area contributed by atoms with Crippen LogP contribution in [0.2, 0.25) is 0 Å². The van der Waals surface area contributed by atoms with Crippen molar-refractivity contribution in [2.24, 2.45) is 0 Å². The molecule has 0 saturated carbocycles. The minimum absolute atomic E-state index is 0.0404. The van der Waals surface area contributed by atoms with Crippen molar-refractivity contribution < 1.29 is 4.74 Å². The molecule has 0 radical (unpaired) electrons. The van der Waals surface area contributed by atoms with E-state index in [-0.39, 0.29) is 6.10 Å². The lowest BCUT2D eigenvalue weighted by Gasteiger charge is -2.32. The molecule has 26 heavy (non-hydrogen) atoms. The molecule has 0 bridgehead atoms. The normalized spacial score (nSPS) is 18.0. The fourth-order valence-electron chi connectivity index (χ4n) is 3.02. The van der Waals surface area contributed by atoms with Crippen LogP contribution in [0.4, 0.5) is 0 Å². The summed E-state index contributed by atoms with van der Waals surface area (Å²) in [7, 11) is 0. The minimum Gasteiger partial charge on any atom is -0.369 e. The smallest absolute Gasteiger partial charge is 0.159 e. The van der Waals surface area contributed by atoms with Crippen LogP contribution in [0.5, 0.6) is 0 Å². The number of rotatable bonds is 4. The van der Waals surface area contributed by atoms with E-state index in [1.54, 1.807) is 12.4 Å². The zero-order valence-corrected chi connectivity index (χ0v) is 14.7. The van der Waals surface area contributed by atoms with Gasteiger partial charge < -0.3 is 4.74 Å². The van der Waals surface area contributed by atoms with Crippen molar-refractivity contribution in [3.05, 3.63) is 72.1 Å². The first-order valence-corrected chi connectivity index (χ1v) is 8.77. The molecule has 0 N–H and O–H groups in total. The van der Waals surface area contributed by atoms with Crippen molar-refractivity contribution >= 4 is 0 Å². The Labute approximate surface area is 152 Å². The SMILES string of the molecule is Cc1cnc(C2CN(Cc3cnc(-c4ccccc4)nc3)CCO2)cn1. The first-order valence-electron chi connectivity index (χ1n) is 8.77. The Morgan fingerprint density at radius 2 is 1.81 bits per heavy atom. The van der Waals surface area contributed by atoms with E-state index in [1.807, 2.05) is 49.6 Å². The average Bonchev–Trinajstić information content (AvgIpc) is 2.70. The number of nitrogens with zero attached hydrogens (tertiary/aromatic N) is 5. The summed E-state index contributed by atoms with van der Waals surface area (Å²) in [5.74, 6) is 0.754. The molecule has 2 aromatic heterocycles. The summed E-state index contributed by atoms with van der Waals surface area (Å²) < 4.78 is 5.87. The molecule has 1 aromatic carbocycles. The van der Waals surface area contributed by atoms with Crippen LogP contribution in [-0.2, 0) is 11.3 Å². The zero-order valence-electron chi connectivity index (χ0n) is 14.7. The van der Waals surface area contributed by atoms with Crippen LogP contribution < -0.4 is 0 Å². The highest BCUT2D eigenvalue weighted by Gasteiger charge is 2.23. The molecule has 3 heterocycles. The fourth-order valence-corrected chi connectivity index (χ4v) is 3.02. The van der Waals surface area contributed by atoms with Gasteiger partial charge in [0.25, 0.3) is 0 Å². The standard InChI is InChI=1S/C20H21N5O/c1-15-9-22-18(12-21-15)19-14-25(7-8-26-19)13-16-10-23-20(24-11-16)17-5-3-2-4-6-17/h2-6,9-12,19H,7-8,13-14H2,1H3. The maximum absolute atomic E-state index is 5.87. The number of aryl methyl sites for hydroxylation is 1. The van der Waals surface area contributed by atoms with Gasteiger partial charge in [0.15, 0.2) is 5.82 Å². The number of aromatic nitrogens is 4. The quantitative estimate of drug-likeness (QED) is 0.723. The maximum Gasteiger partial charge on any atom is 0.159 e. The molecule has 0 aliphatic carbocycles. The summed E-state index contributed by atoms with van der Waals surface area (Å²) in [6.45, 7) is 5.09. The third-order valence-corrected chi connectivity index (χ3v) is 4.42. The van der Waals surface area contributed by atoms with Crippen LogP contribution in [0.25, 0.3) is 11.4 Å². The lowest BCUT2D eigenvalue weighted by Crippen LogP contribution is -2.38. The van der Waals surface area contributed by atoms with Crippen molar-refractivity contribution in [3.63, 3.8) is 0 Å². The summed E-state index contributed by atoms with van der Waals surface area (Å²) in [6, 6.07) is 10.0. The van der Waals surface area contributed by atoms with E-state index in [9.17, 15) is 0 Å². The van der Waals surface area contributed by atoms with E-state index in [2.05, 4.69) is 24.8 Å². The summed E-state index contributed by atoms with van der Waals surface area (Å²) >= 11 is 0. The van der Waals surface area contributed by atoms with E-state index < -0.39 is 0 Å². The van der Waals surface area contributed by atoms with Crippen LogP contribution in [0.15, 0.2) is 55.1 Å². The topological polar surface area (TPSA) is 64.0 Å². The van der Waals surface area contributed by atoms with Crippen LogP contribution in [-0.4, -0.2) is 44.5 Å². The second kappa shape index (κ2) is 7.68. The van der Waals surface area contributed by atoms with Gasteiger partial charge in [0.2, 0.25) is 0 Å². The third-order valence-electron chi connectivity index (χ3n) is 4.42. The largest absolute Gasteiger partial charge is 0.369 e. The van der Waals surface area contributed by atoms with Gasteiger partial charge in [-0.15, -0.1) is 0 Å². The van der Waals surface area contributed by atoms with E-state index in [0.717, 1.165) is 48.0 Å². The van der Waals surface area contributed by atoms with Gasteiger partial charge >= 0.3 is 0 Å². The Balaban J connectivity index is 1.41. The molecular weight excluding hydrogens is 326 g/mol. The Bertz CT molecular complexity index is 836. The van der Waals surface area contributed by atoms with Gasteiger partial charge in [-0.25, -0.2) is 9.97 Å². The minimum atomic E-state index is -0.0404. The average molecular weight is 347 g/mol. The van der Waals surface area contributed by atoms with Crippen molar-refractivity contribution in [1.82, 2.24) is 24.8 Å². The summed E-state index contributed by atoms with van der Waals surface area (Å²) in [5.41, 5.74) is 3.93. The second-order valence-corrected chi connectivity index (χ2v) is 6.46. The molecule has 1 aliphatic heterocycles. The monoisotopic (exact) mass is 347 g/mol. The van der Waals surface area contributed by atoms with Gasteiger partial charge in [0.05, 0.1) is 24.2 Å². The molecule has 0 amide bonds. The molecule has 0 spiro atoms. The Hall–Kier alpha value is -2.70. The summed E-state index contributed by atoms with van der Waals surface area (Å²) in [5, 5.41) is 0. The van der Waals surface area contributed by atoms with E-state index >= 15 is 0 Å². The lowest BCUT2D eigenvalue weighted by molar-refractivity contribution is -0.0352. The molecule has 3 aromatic rings. The van der Waals surface area contributed by atoms with Gasteiger partial charge in [-0.3, -0.25) is 14.9 Å². The van der Waals surface area contributed by atoms with Gasteiger partial charge in [0, 0.05) is 49.4 Å². The third kappa shape index (κ3) is 3.92. The van der Waals surface area contributed by atoms with Crippen molar-refractivity contribution in [3.8, 4) is 11.4 Å². The van der Waals surface area contributed by atoms with E-state index in [4.69, 9.17) is 4.74 Å². The second-order valence-electron chi connectivity index (χ2n) is 6.46. The van der Waals surface area contributed by atoms with E-state index in [0.29, 0.717) is 6.61 Å². The number of morpholine rings is 1. The number of hydrogen-bond donors (Lipinski definition) is 0. The van der Waals surface area contributed by atoms with Gasteiger partial charge in [-0.1, -0.05) is 30.3 Å². The Kier molecular flexibility index (Phi) is 4.95. The highest BCUT2D eigenvalue weighted by Crippen LogP contribution is 2.21. The first kappa shape index (κ1) is 16.8. The molecule has 1 aliphatic rings. The lowest BCUT2D eigenvalue weighted by atomic mass is 10.2. The number of hydrogen-bond acceptors (Lipinski definition) is 6. The Morgan fingerprint density at radius 3 is 2.54 bits per heavy atom. The van der Waals surface area contributed by atoms with Gasteiger partial charge in [-0.05, 0) is 6.92 Å².